The average Bonchev–Trinajstić information content (AvgIpc) is 2.60. The Balaban J connectivity index is 3.12. The van der Waals surface area contributed by atoms with Gasteiger partial charge in [-0.3, -0.25) is 4.79 Å². The van der Waals surface area contributed by atoms with Gasteiger partial charge in [-0.2, -0.15) is 18.4 Å². The molecule has 0 radical (unpaired) electrons. The molecule has 0 unspecified atom stereocenters. The highest BCUT2D eigenvalue weighted by Gasteiger charge is 2.37. The van der Waals surface area contributed by atoms with Crippen LogP contribution in [0.3, 0.4) is 0 Å². The van der Waals surface area contributed by atoms with E-state index in [2.05, 4.69) is 0 Å². The lowest BCUT2D eigenvalue weighted by Crippen LogP contribution is -2.45. The van der Waals surface area contributed by atoms with E-state index in [4.69, 9.17) is 16.8 Å². The second-order valence-electron chi connectivity index (χ2n) is 5.38. The third kappa shape index (κ3) is 3.20. The first-order chi connectivity index (χ1) is 12.8. The minimum absolute atomic E-state index is 0.00970. The first-order valence-electron chi connectivity index (χ1n) is 7.24. The van der Waals surface area contributed by atoms with E-state index >= 15 is 0 Å². The molecule has 0 aliphatic carbocycles. The molecule has 2 aromatic rings. The van der Waals surface area contributed by atoms with Crippen LogP contribution in [0.2, 0.25) is 0 Å². The Morgan fingerprint density at radius 1 is 1.29 bits per heavy atom. The maximum absolute atomic E-state index is 14.6. The van der Waals surface area contributed by atoms with E-state index in [-0.39, 0.29) is 15.4 Å². The molecule has 2 rings (SSSR count). The number of rotatable bonds is 3. The summed E-state index contributed by atoms with van der Waals surface area (Å²) in [5.41, 5.74) is -3.15. The zero-order valence-corrected chi connectivity index (χ0v) is 14.7. The molecule has 0 saturated heterocycles. The average molecular weight is 421 g/mol. The molecule has 0 saturated carbocycles. The third-order valence-electron chi connectivity index (χ3n) is 3.73. The molecule has 0 fully saturated rings. The summed E-state index contributed by atoms with van der Waals surface area (Å²) in [5, 5.41) is 9.08. The molecule has 0 bridgehead atoms. The highest BCUT2D eigenvalue weighted by Crippen LogP contribution is 2.30. The largest absolute Gasteiger partial charge is 0.423 e. The summed E-state index contributed by atoms with van der Waals surface area (Å²) in [6, 6.07) is 1.78. The van der Waals surface area contributed by atoms with Crippen LogP contribution in [-0.4, -0.2) is 23.4 Å². The molecule has 1 aromatic heterocycles. The first kappa shape index (κ1) is 21.0. The van der Waals surface area contributed by atoms with Crippen molar-refractivity contribution in [3.63, 3.8) is 0 Å². The van der Waals surface area contributed by atoms with Crippen LogP contribution >= 0.6 is 0 Å². The van der Waals surface area contributed by atoms with Gasteiger partial charge in [0.1, 0.15) is 11.6 Å². The molecular weight excluding hydrogens is 410 g/mol. The van der Waals surface area contributed by atoms with Crippen LogP contribution in [0, 0.1) is 17.1 Å². The van der Waals surface area contributed by atoms with Gasteiger partial charge in [-0.15, -0.1) is 0 Å². The highest BCUT2D eigenvalue weighted by molar-refractivity contribution is 7.91. The monoisotopic (exact) mass is 421 g/mol. The van der Waals surface area contributed by atoms with Crippen LogP contribution in [0.5, 0.6) is 0 Å². The Kier molecular flexibility index (Phi) is 5.00. The lowest BCUT2D eigenvalue weighted by Gasteiger charge is -2.15. The molecule has 0 aliphatic heterocycles. The van der Waals surface area contributed by atoms with Crippen molar-refractivity contribution in [2.24, 2.45) is 0 Å². The SMILES string of the molecule is CCS(=O)(=O)c1cc(-n2c(=O)c(C(F)(F)F)cn(N)c2=O)c(F)c(N)c1C#N. The van der Waals surface area contributed by atoms with Crippen molar-refractivity contribution in [2.75, 3.05) is 17.3 Å². The number of benzene rings is 1. The molecule has 1 aromatic carbocycles. The van der Waals surface area contributed by atoms with Gasteiger partial charge in [-0.05, 0) is 6.07 Å². The summed E-state index contributed by atoms with van der Waals surface area (Å²) in [7, 11) is -4.23. The summed E-state index contributed by atoms with van der Waals surface area (Å²) in [5.74, 6) is 2.93. The van der Waals surface area contributed by atoms with Gasteiger partial charge in [-0.1, -0.05) is 6.92 Å². The molecule has 9 nitrogen and oxygen atoms in total. The third-order valence-corrected chi connectivity index (χ3v) is 5.48. The number of sulfone groups is 1. The molecule has 0 spiro atoms. The molecule has 14 heteroatoms. The quantitative estimate of drug-likeness (QED) is 0.309. The lowest BCUT2D eigenvalue weighted by molar-refractivity contribution is -0.139. The number of hydrogen-bond donors (Lipinski definition) is 2. The highest BCUT2D eigenvalue weighted by atomic mass is 32.2. The van der Waals surface area contributed by atoms with Gasteiger partial charge < -0.3 is 11.6 Å². The zero-order valence-electron chi connectivity index (χ0n) is 13.9. The van der Waals surface area contributed by atoms with Crippen LogP contribution in [0.15, 0.2) is 26.7 Å². The minimum atomic E-state index is -5.25. The van der Waals surface area contributed by atoms with E-state index in [9.17, 15) is 35.6 Å². The summed E-state index contributed by atoms with van der Waals surface area (Å²) >= 11 is 0. The van der Waals surface area contributed by atoms with Gasteiger partial charge in [0.25, 0.3) is 5.56 Å². The predicted octanol–water partition coefficient (Wildman–Crippen LogP) is 0.118. The predicted molar refractivity (Wildman–Crippen MR) is 88.3 cm³/mol. The van der Waals surface area contributed by atoms with Crippen LogP contribution < -0.4 is 22.8 Å². The second kappa shape index (κ2) is 6.68. The van der Waals surface area contributed by atoms with E-state index in [1.54, 1.807) is 0 Å². The van der Waals surface area contributed by atoms with E-state index in [1.807, 2.05) is 0 Å². The number of aromatic nitrogens is 2. The molecule has 4 N–H and O–H groups in total. The Labute approximate surface area is 153 Å². The van der Waals surface area contributed by atoms with E-state index in [0.29, 0.717) is 6.07 Å². The fourth-order valence-electron chi connectivity index (χ4n) is 2.30. The van der Waals surface area contributed by atoms with Gasteiger partial charge in [0.15, 0.2) is 15.7 Å². The zero-order chi connectivity index (χ0) is 21.6. The van der Waals surface area contributed by atoms with Gasteiger partial charge in [0.05, 0.1) is 27.6 Å². The molecule has 0 amide bonds. The van der Waals surface area contributed by atoms with Crippen molar-refractivity contribution in [3.05, 3.63) is 50.0 Å². The number of hydrogen-bond acceptors (Lipinski definition) is 7. The minimum Gasteiger partial charge on any atom is -0.395 e. The summed E-state index contributed by atoms with van der Waals surface area (Å²) in [6.07, 6.45) is -5.24. The van der Waals surface area contributed by atoms with Crippen LogP contribution in [0.25, 0.3) is 5.69 Å². The molecule has 0 atom stereocenters. The van der Waals surface area contributed by atoms with Crippen molar-refractivity contribution >= 4 is 15.5 Å². The van der Waals surface area contributed by atoms with Crippen LogP contribution in [0.1, 0.15) is 18.1 Å². The van der Waals surface area contributed by atoms with Crippen LogP contribution in [0.4, 0.5) is 23.2 Å². The van der Waals surface area contributed by atoms with Gasteiger partial charge in [0, 0.05) is 6.20 Å². The van der Waals surface area contributed by atoms with Crippen molar-refractivity contribution in [2.45, 2.75) is 18.0 Å². The normalized spacial score (nSPS) is 12.0. The van der Waals surface area contributed by atoms with Crippen molar-refractivity contribution in [1.82, 2.24) is 9.24 Å². The summed E-state index contributed by atoms with van der Waals surface area (Å²) in [6.45, 7) is 1.18. The number of nitrogens with zero attached hydrogens (tertiary/aromatic N) is 3. The topological polar surface area (TPSA) is 154 Å². The maximum atomic E-state index is 14.6. The van der Waals surface area contributed by atoms with Gasteiger partial charge in [-0.25, -0.2) is 26.8 Å². The van der Waals surface area contributed by atoms with Gasteiger partial charge in [0.2, 0.25) is 0 Å². The molecule has 1 heterocycles. The first-order valence-corrected chi connectivity index (χ1v) is 8.89. The molecular formula is C14H11F4N5O4S. The Hall–Kier alpha value is -3.34. The number of halogens is 4. The van der Waals surface area contributed by atoms with Crippen molar-refractivity contribution < 1.29 is 26.0 Å². The summed E-state index contributed by atoms with van der Waals surface area (Å²) < 4.78 is 77.7. The fraction of sp³-hybridized carbons (Fsp3) is 0.214. The van der Waals surface area contributed by atoms with E-state index < -0.39 is 66.2 Å². The maximum Gasteiger partial charge on any atom is 0.423 e. The molecule has 150 valence electrons. The number of alkyl halides is 3. The number of nitrogen functional groups attached to an aromatic ring is 2. The van der Waals surface area contributed by atoms with Crippen LogP contribution in [-0.2, 0) is 16.0 Å². The van der Waals surface area contributed by atoms with E-state index in [1.165, 1.54) is 13.0 Å². The molecule has 28 heavy (non-hydrogen) atoms. The van der Waals surface area contributed by atoms with Crippen molar-refractivity contribution in [3.8, 4) is 11.8 Å². The molecule has 0 aliphatic rings. The van der Waals surface area contributed by atoms with Crippen molar-refractivity contribution in [1.29, 1.82) is 5.26 Å². The fourth-order valence-corrected chi connectivity index (χ4v) is 3.37. The second-order valence-corrected chi connectivity index (χ2v) is 7.63. The number of anilines is 1. The number of nitrogens with two attached hydrogens (primary N) is 2. The Bertz CT molecular complexity index is 1240. The van der Waals surface area contributed by atoms with E-state index in [0.717, 1.165) is 0 Å². The van der Waals surface area contributed by atoms with Gasteiger partial charge >= 0.3 is 11.9 Å². The Morgan fingerprint density at radius 2 is 1.86 bits per heavy atom. The Morgan fingerprint density at radius 3 is 2.32 bits per heavy atom. The smallest absolute Gasteiger partial charge is 0.395 e. The summed E-state index contributed by atoms with van der Waals surface area (Å²) in [4.78, 5) is 23.5. The number of nitriles is 1. The lowest BCUT2D eigenvalue weighted by atomic mass is 10.1. The standard InChI is InChI=1S/C14H11F4N5O4S/c1-2-28(26,27)9-3-8(10(15)11(20)6(9)4-19)23-12(24)7(14(16,17)18)5-22(21)13(23)25/h3,5H,2,20-21H2,1H3.